The molecular formula is C14H11BrFNO4. The SMILES string of the molecule is C[C@H](O)c1cccc(F)c1Oc1cccc([N+](=O)[O-])c1Br. The molecule has 0 aliphatic rings. The highest BCUT2D eigenvalue weighted by Gasteiger charge is 2.20. The summed E-state index contributed by atoms with van der Waals surface area (Å²) in [6, 6.07) is 8.36. The summed E-state index contributed by atoms with van der Waals surface area (Å²) in [4.78, 5) is 10.3. The second kappa shape index (κ2) is 6.19. The van der Waals surface area contributed by atoms with Crippen molar-refractivity contribution in [2.75, 3.05) is 0 Å². The predicted octanol–water partition coefficient (Wildman–Crippen LogP) is 4.34. The lowest BCUT2D eigenvalue weighted by atomic mass is 10.1. The van der Waals surface area contributed by atoms with Gasteiger partial charge in [-0.05, 0) is 35.0 Å². The summed E-state index contributed by atoms with van der Waals surface area (Å²) in [5, 5.41) is 20.5. The Hall–Kier alpha value is -1.99. The third-order valence-electron chi connectivity index (χ3n) is 2.80. The van der Waals surface area contributed by atoms with Crippen LogP contribution in [0.25, 0.3) is 0 Å². The highest BCUT2D eigenvalue weighted by molar-refractivity contribution is 9.10. The van der Waals surface area contributed by atoms with Crippen LogP contribution < -0.4 is 4.74 Å². The molecule has 2 rings (SSSR count). The number of aliphatic hydroxyl groups excluding tert-OH is 1. The Morgan fingerprint density at radius 3 is 2.62 bits per heavy atom. The number of rotatable bonds is 4. The molecule has 0 heterocycles. The van der Waals surface area contributed by atoms with Crippen LogP contribution in [0.3, 0.4) is 0 Å². The van der Waals surface area contributed by atoms with Gasteiger partial charge in [0.15, 0.2) is 11.6 Å². The zero-order chi connectivity index (χ0) is 15.6. The van der Waals surface area contributed by atoms with E-state index in [1.165, 1.54) is 43.3 Å². The molecule has 0 amide bonds. The van der Waals surface area contributed by atoms with Crippen molar-refractivity contribution in [3.63, 3.8) is 0 Å². The van der Waals surface area contributed by atoms with E-state index in [9.17, 15) is 19.6 Å². The minimum Gasteiger partial charge on any atom is -0.452 e. The van der Waals surface area contributed by atoms with Gasteiger partial charge in [0.05, 0.1) is 11.0 Å². The Labute approximate surface area is 128 Å². The standard InChI is InChI=1S/C14H11BrFNO4/c1-8(18)9-4-2-5-10(16)14(9)21-12-7-3-6-11(13(12)15)17(19)20/h2-8,18H,1H3/t8-/m0/s1. The number of nitrogens with zero attached hydrogens (tertiary/aromatic N) is 1. The average Bonchev–Trinajstić information content (AvgIpc) is 2.42. The molecule has 110 valence electrons. The maximum atomic E-state index is 13.9. The molecule has 1 atom stereocenters. The Kier molecular flexibility index (Phi) is 4.54. The first-order valence-corrected chi connectivity index (χ1v) is 6.78. The summed E-state index contributed by atoms with van der Waals surface area (Å²) in [7, 11) is 0. The summed E-state index contributed by atoms with van der Waals surface area (Å²) >= 11 is 3.07. The van der Waals surface area contributed by atoms with Crippen LogP contribution in [0, 0.1) is 15.9 Å². The summed E-state index contributed by atoms with van der Waals surface area (Å²) in [6.45, 7) is 1.48. The van der Waals surface area contributed by atoms with Crippen molar-refractivity contribution < 1.29 is 19.2 Å². The molecule has 0 saturated heterocycles. The fraction of sp³-hybridized carbons (Fsp3) is 0.143. The van der Waals surface area contributed by atoms with Crippen LogP contribution in [0.1, 0.15) is 18.6 Å². The molecule has 5 nitrogen and oxygen atoms in total. The van der Waals surface area contributed by atoms with Gasteiger partial charge in [-0.15, -0.1) is 0 Å². The first kappa shape index (κ1) is 15.4. The highest BCUT2D eigenvalue weighted by atomic mass is 79.9. The molecule has 0 saturated carbocycles. The van der Waals surface area contributed by atoms with E-state index in [0.717, 1.165) is 0 Å². The van der Waals surface area contributed by atoms with Gasteiger partial charge < -0.3 is 9.84 Å². The monoisotopic (exact) mass is 355 g/mol. The maximum Gasteiger partial charge on any atom is 0.287 e. The number of halogens is 2. The van der Waals surface area contributed by atoms with E-state index in [4.69, 9.17) is 4.74 Å². The minimum absolute atomic E-state index is 0.0937. The molecule has 1 N–H and O–H groups in total. The zero-order valence-electron chi connectivity index (χ0n) is 10.9. The second-order valence-electron chi connectivity index (χ2n) is 4.28. The number of hydrogen-bond donors (Lipinski definition) is 1. The third-order valence-corrected chi connectivity index (χ3v) is 3.60. The molecule has 0 radical (unpaired) electrons. The van der Waals surface area contributed by atoms with Crippen LogP contribution in [0.5, 0.6) is 11.5 Å². The Morgan fingerprint density at radius 2 is 2.00 bits per heavy atom. The molecule has 0 aliphatic carbocycles. The molecule has 0 aliphatic heterocycles. The van der Waals surface area contributed by atoms with E-state index in [0.29, 0.717) is 0 Å². The number of para-hydroxylation sites is 1. The molecule has 2 aromatic rings. The van der Waals surface area contributed by atoms with Gasteiger partial charge in [-0.3, -0.25) is 10.1 Å². The van der Waals surface area contributed by atoms with E-state index in [2.05, 4.69) is 15.9 Å². The Morgan fingerprint density at radius 1 is 1.33 bits per heavy atom. The highest BCUT2D eigenvalue weighted by Crippen LogP contribution is 2.39. The van der Waals surface area contributed by atoms with Crippen molar-refractivity contribution in [1.82, 2.24) is 0 Å². The number of aliphatic hydroxyl groups is 1. The lowest BCUT2D eigenvalue weighted by molar-refractivity contribution is -0.385. The fourth-order valence-corrected chi connectivity index (χ4v) is 2.28. The number of ether oxygens (including phenoxy) is 1. The smallest absolute Gasteiger partial charge is 0.287 e. The lowest BCUT2D eigenvalue weighted by Gasteiger charge is -2.14. The minimum atomic E-state index is -0.937. The molecule has 0 aromatic heterocycles. The van der Waals surface area contributed by atoms with Gasteiger partial charge in [-0.25, -0.2) is 4.39 Å². The quantitative estimate of drug-likeness (QED) is 0.653. The van der Waals surface area contributed by atoms with Gasteiger partial charge in [-0.1, -0.05) is 18.2 Å². The van der Waals surface area contributed by atoms with E-state index in [1.54, 1.807) is 0 Å². The summed E-state index contributed by atoms with van der Waals surface area (Å²) in [5.74, 6) is -0.725. The second-order valence-corrected chi connectivity index (χ2v) is 5.08. The Balaban J connectivity index is 2.49. The van der Waals surface area contributed by atoms with Crippen LogP contribution in [0.2, 0.25) is 0 Å². The number of nitro benzene ring substituents is 1. The molecule has 0 bridgehead atoms. The van der Waals surface area contributed by atoms with Gasteiger partial charge >= 0.3 is 0 Å². The van der Waals surface area contributed by atoms with Crippen LogP contribution in [0.4, 0.5) is 10.1 Å². The molecule has 0 fully saturated rings. The van der Waals surface area contributed by atoms with Gasteiger partial charge in [-0.2, -0.15) is 0 Å². The topological polar surface area (TPSA) is 72.6 Å². The maximum absolute atomic E-state index is 13.9. The van der Waals surface area contributed by atoms with Gasteiger partial charge in [0.1, 0.15) is 10.2 Å². The van der Waals surface area contributed by atoms with Crippen molar-refractivity contribution in [3.05, 3.63) is 62.4 Å². The number of hydrogen-bond acceptors (Lipinski definition) is 4. The largest absolute Gasteiger partial charge is 0.452 e. The summed E-state index contributed by atoms with van der Waals surface area (Å²) in [5.41, 5.74) is 0.0656. The van der Waals surface area contributed by atoms with Gasteiger partial charge in [0.2, 0.25) is 0 Å². The number of nitro groups is 1. The first-order chi connectivity index (χ1) is 9.91. The lowest BCUT2D eigenvalue weighted by Crippen LogP contribution is -2.00. The van der Waals surface area contributed by atoms with Gasteiger partial charge in [0, 0.05) is 11.6 Å². The van der Waals surface area contributed by atoms with Crippen molar-refractivity contribution in [3.8, 4) is 11.5 Å². The third kappa shape index (κ3) is 3.20. The molecule has 7 heteroatoms. The van der Waals surface area contributed by atoms with Crippen LogP contribution >= 0.6 is 15.9 Å². The van der Waals surface area contributed by atoms with Crippen LogP contribution in [-0.2, 0) is 0 Å². The van der Waals surface area contributed by atoms with Gasteiger partial charge in [0.25, 0.3) is 5.69 Å². The molecule has 2 aromatic carbocycles. The average molecular weight is 356 g/mol. The normalized spacial score (nSPS) is 12.0. The summed E-state index contributed by atoms with van der Waals surface area (Å²) < 4.78 is 19.4. The van der Waals surface area contributed by atoms with E-state index >= 15 is 0 Å². The molecule has 0 unspecified atom stereocenters. The van der Waals surface area contributed by atoms with E-state index in [-0.39, 0.29) is 27.2 Å². The van der Waals surface area contributed by atoms with Crippen LogP contribution in [-0.4, -0.2) is 10.0 Å². The molecule has 21 heavy (non-hydrogen) atoms. The fourth-order valence-electron chi connectivity index (χ4n) is 1.79. The van der Waals surface area contributed by atoms with Crippen molar-refractivity contribution in [1.29, 1.82) is 0 Å². The van der Waals surface area contributed by atoms with Crippen LogP contribution in [0.15, 0.2) is 40.9 Å². The van der Waals surface area contributed by atoms with E-state index in [1.807, 2.05) is 0 Å². The Bertz CT molecular complexity index is 691. The predicted molar refractivity (Wildman–Crippen MR) is 77.9 cm³/mol. The molecular weight excluding hydrogens is 345 g/mol. The zero-order valence-corrected chi connectivity index (χ0v) is 12.5. The number of benzene rings is 2. The van der Waals surface area contributed by atoms with Crippen molar-refractivity contribution in [2.45, 2.75) is 13.0 Å². The van der Waals surface area contributed by atoms with Crippen molar-refractivity contribution in [2.24, 2.45) is 0 Å². The van der Waals surface area contributed by atoms with Crippen molar-refractivity contribution >= 4 is 21.6 Å². The first-order valence-electron chi connectivity index (χ1n) is 5.99. The molecule has 0 spiro atoms. The van der Waals surface area contributed by atoms with E-state index < -0.39 is 16.8 Å². The summed E-state index contributed by atoms with van der Waals surface area (Å²) in [6.07, 6.45) is -0.937.